The molecule has 30 heavy (non-hydrogen) atoms. The van der Waals surface area contributed by atoms with Gasteiger partial charge in [-0.3, -0.25) is 0 Å². The number of nitrogens with zero attached hydrogens (tertiary/aromatic N) is 3. The van der Waals surface area contributed by atoms with E-state index in [-0.39, 0.29) is 26.9 Å². The van der Waals surface area contributed by atoms with Crippen LogP contribution in [0.25, 0.3) is 30.8 Å². The predicted molar refractivity (Wildman–Crippen MR) is 129 cm³/mol. The van der Waals surface area contributed by atoms with E-state index in [1.165, 1.54) is 47.5 Å². The van der Waals surface area contributed by atoms with E-state index in [9.17, 15) is 0 Å². The van der Waals surface area contributed by atoms with E-state index in [0.717, 1.165) is 0 Å². The Labute approximate surface area is 191 Å². The largest absolute Gasteiger partial charge is 1.00 e. The van der Waals surface area contributed by atoms with Gasteiger partial charge in [-0.25, -0.2) is 0 Å². The van der Waals surface area contributed by atoms with Gasteiger partial charge in [-0.15, -0.1) is 0 Å². The van der Waals surface area contributed by atoms with Gasteiger partial charge in [-0.1, -0.05) is 0 Å². The summed E-state index contributed by atoms with van der Waals surface area (Å²) in [5, 5.41) is 2.64. The molecular weight excluding hydrogens is 457 g/mol. The third-order valence-corrected chi connectivity index (χ3v) is 7.73. The molecule has 0 saturated heterocycles. The van der Waals surface area contributed by atoms with Crippen LogP contribution in [0.1, 0.15) is 0 Å². The van der Waals surface area contributed by atoms with Crippen molar-refractivity contribution in [1.82, 2.24) is 4.58 Å². The number of benzene rings is 3. The van der Waals surface area contributed by atoms with Crippen LogP contribution in [-0.4, -0.2) is 56.8 Å². The molecule has 0 amide bonds. The molecule has 156 valence electrons. The van der Waals surface area contributed by atoms with E-state index >= 15 is 0 Å². The molecule has 0 spiro atoms. The first-order valence-corrected chi connectivity index (χ1v) is 11.5. The van der Waals surface area contributed by atoms with Crippen molar-refractivity contribution in [2.75, 3.05) is 52.1 Å². The SMILES string of the molecule is CN(C)c1ccc(-c2c3ccc(=[N+](C)C)cc-3[se]c3cc(N(C)C)ccc23)cc1.[Cl-]. The molecule has 4 rings (SSSR count). The van der Waals surface area contributed by atoms with E-state index in [2.05, 4.69) is 117 Å². The fourth-order valence-electron chi connectivity index (χ4n) is 3.66. The molecule has 0 unspecified atom stereocenters. The molecule has 2 aromatic rings. The molecule has 0 saturated carbocycles. The minimum absolute atomic E-state index is 0. The van der Waals surface area contributed by atoms with Gasteiger partial charge in [-0.05, 0) is 0 Å². The van der Waals surface area contributed by atoms with Crippen LogP contribution < -0.4 is 32.1 Å². The zero-order valence-electron chi connectivity index (χ0n) is 18.4. The molecule has 3 nitrogen and oxygen atoms in total. The molecule has 1 aliphatic carbocycles. The normalized spacial score (nSPS) is 10.7. The quantitative estimate of drug-likeness (QED) is 0.242. The summed E-state index contributed by atoms with van der Waals surface area (Å²) in [6.07, 6.45) is 0. The van der Waals surface area contributed by atoms with Crippen LogP contribution in [0.3, 0.4) is 0 Å². The smallest absolute Gasteiger partial charge is 1.00 e. The average Bonchev–Trinajstić information content (AvgIpc) is 2.71. The molecule has 2 aromatic carbocycles. The molecule has 0 atom stereocenters. The van der Waals surface area contributed by atoms with Crippen LogP contribution >= 0.6 is 0 Å². The summed E-state index contributed by atoms with van der Waals surface area (Å²) in [6.45, 7) is 0. The van der Waals surface area contributed by atoms with Gasteiger partial charge >= 0.3 is 179 Å². The molecule has 0 fully saturated rings. The summed E-state index contributed by atoms with van der Waals surface area (Å²) in [5.41, 5.74) is 6.49. The number of anilines is 2. The van der Waals surface area contributed by atoms with Crippen molar-refractivity contribution in [3.05, 3.63) is 66.0 Å². The topological polar surface area (TPSA) is 9.49 Å². The molecule has 0 aromatic heterocycles. The molecule has 2 aliphatic rings. The first kappa shape index (κ1) is 22.4. The second-order valence-corrected chi connectivity index (χ2v) is 10.3. The Morgan fingerprint density at radius 1 is 0.733 bits per heavy atom. The number of halogens is 1. The van der Waals surface area contributed by atoms with Gasteiger partial charge in [0.15, 0.2) is 0 Å². The van der Waals surface area contributed by atoms with E-state index in [0.29, 0.717) is 0 Å². The van der Waals surface area contributed by atoms with Crippen molar-refractivity contribution < 1.29 is 12.4 Å². The van der Waals surface area contributed by atoms with E-state index in [1.807, 2.05) is 0 Å². The van der Waals surface area contributed by atoms with Crippen LogP contribution in [0.4, 0.5) is 11.4 Å². The van der Waals surface area contributed by atoms with E-state index < -0.39 is 0 Å². The van der Waals surface area contributed by atoms with Crippen LogP contribution in [0.2, 0.25) is 0 Å². The molecule has 0 radical (unpaired) electrons. The second-order valence-electron chi connectivity index (χ2n) is 8.07. The number of hydrogen-bond acceptors (Lipinski definition) is 2. The van der Waals surface area contributed by atoms with Crippen LogP contribution in [-0.2, 0) is 0 Å². The molecule has 0 N–H and O–H groups in total. The second kappa shape index (κ2) is 8.85. The zero-order chi connectivity index (χ0) is 20.7. The first-order valence-electron chi connectivity index (χ1n) is 9.81. The summed E-state index contributed by atoms with van der Waals surface area (Å²) in [4.78, 5) is 4.33. The maximum Gasteiger partial charge on any atom is -1.00 e. The zero-order valence-corrected chi connectivity index (χ0v) is 20.9. The molecule has 1 heterocycles. The minimum Gasteiger partial charge on any atom is -1.00 e. The van der Waals surface area contributed by atoms with Gasteiger partial charge < -0.3 is 12.4 Å². The average molecular weight is 485 g/mol. The fraction of sp³-hybridized carbons (Fsp3) is 0.240. The summed E-state index contributed by atoms with van der Waals surface area (Å²) in [7, 11) is 12.6. The Morgan fingerprint density at radius 3 is 1.97 bits per heavy atom. The predicted octanol–water partition coefficient (Wildman–Crippen LogP) is 0.836. The molecule has 1 aliphatic heterocycles. The summed E-state index contributed by atoms with van der Waals surface area (Å²) < 4.78 is 5.10. The van der Waals surface area contributed by atoms with Gasteiger partial charge in [-0.2, -0.15) is 0 Å². The fourth-order valence-corrected chi connectivity index (χ4v) is 6.09. The Balaban J connectivity index is 0.00000256. The maximum absolute atomic E-state index is 2.37. The van der Waals surface area contributed by atoms with Crippen molar-refractivity contribution in [2.24, 2.45) is 0 Å². The Hall–Kier alpha value is -2.26. The Bertz CT molecular complexity index is 1220. The minimum atomic E-state index is 0. The molecule has 0 bridgehead atoms. The number of rotatable bonds is 3. The van der Waals surface area contributed by atoms with Crippen molar-refractivity contribution in [3.63, 3.8) is 0 Å². The Morgan fingerprint density at radius 2 is 1.37 bits per heavy atom. The Kier molecular flexibility index (Phi) is 6.62. The first-order chi connectivity index (χ1) is 13.8. The van der Waals surface area contributed by atoms with Gasteiger partial charge in [0.2, 0.25) is 0 Å². The van der Waals surface area contributed by atoms with Crippen molar-refractivity contribution >= 4 is 35.5 Å². The van der Waals surface area contributed by atoms with Crippen molar-refractivity contribution in [2.45, 2.75) is 0 Å². The van der Waals surface area contributed by atoms with Crippen LogP contribution in [0, 0.1) is 0 Å². The van der Waals surface area contributed by atoms with Crippen molar-refractivity contribution in [1.29, 1.82) is 0 Å². The standard InChI is InChI=1S/C25H28N3Se.ClH/c1-26(2)18-9-7-17(8-10-18)25-21-13-11-19(27(3)4)15-23(21)29-24-16-20(28(5)6)12-14-22(24)25;/h7-16H,1-6H3;1H/q+1;/p-1. The summed E-state index contributed by atoms with van der Waals surface area (Å²) in [5.74, 6) is 0. The third kappa shape index (κ3) is 4.13. The van der Waals surface area contributed by atoms with Gasteiger partial charge in [0, 0.05) is 0 Å². The van der Waals surface area contributed by atoms with E-state index in [1.54, 1.807) is 0 Å². The van der Waals surface area contributed by atoms with E-state index in [4.69, 9.17) is 0 Å². The third-order valence-electron chi connectivity index (χ3n) is 5.39. The number of fused-ring (bicyclic) bond motifs is 2. The molecule has 5 heteroatoms. The maximum atomic E-state index is 2.37. The monoisotopic (exact) mass is 485 g/mol. The van der Waals surface area contributed by atoms with Gasteiger partial charge in [0.25, 0.3) is 0 Å². The van der Waals surface area contributed by atoms with Gasteiger partial charge in [0.1, 0.15) is 0 Å². The molecular formula is C25H28ClN3Se. The number of hydrogen-bond donors (Lipinski definition) is 0. The van der Waals surface area contributed by atoms with Gasteiger partial charge in [0.05, 0.1) is 0 Å². The van der Waals surface area contributed by atoms with Crippen LogP contribution in [0.5, 0.6) is 0 Å². The van der Waals surface area contributed by atoms with Crippen molar-refractivity contribution in [3.8, 4) is 21.1 Å². The van der Waals surface area contributed by atoms with Crippen LogP contribution in [0.15, 0.2) is 60.7 Å². The summed E-state index contributed by atoms with van der Waals surface area (Å²) >= 11 is 0.287. The summed E-state index contributed by atoms with van der Waals surface area (Å²) in [6, 6.07) is 22.8.